The van der Waals surface area contributed by atoms with Crippen molar-refractivity contribution in [2.75, 3.05) is 24.5 Å². The van der Waals surface area contributed by atoms with Crippen LogP contribution in [-0.2, 0) is 6.42 Å². The average molecular weight is 348 g/mol. The summed E-state index contributed by atoms with van der Waals surface area (Å²) in [7, 11) is 0. The van der Waals surface area contributed by atoms with E-state index in [4.69, 9.17) is 16.1 Å². The molecule has 0 aliphatic carbocycles. The Labute approximate surface area is 147 Å². The number of carbonyl (C=O) groups is 1. The number of nitrogens with one attached hydrogen (secondary N) is 1. The fourth-order valence-corrected chi connectivity index (χ4v) is 3.29. The summed E-state index contributed by atoms with van der Waals surface area (Å²) in [5, 5.41) is 7.57. The molecule has 1 fully saturated rings. The molecule has 1 aliphatic rings. The first-order valence-corrected chi connectivity index (χ1v) is 8.78. The molecule has 6 heteroatoms. The van der Waals surface area contributed by atoms with Crippen molar-refractivity contribution < 1.29 is 9.32 Å². The standard InChI is InChI=1S/C18H22ClN3O2/c1-2-5-14-10-16(21-24-14)18(23)20-11-13-8-9-22(12-13)17-7-4-3-6-15(17)19/h3-4,6-7,10,13H,2,5,8-9,11-12H2,1H3,(H,20,23). The van der Waals surface area contributed by atoms with E-state index in [-0.39, 0.29) is 5.91 Å². The molecule has 0 saturated carbocycles. The summed E-state index contributed by atoms with van der Waals surface area (Å²) in [4.78, 5) is 14.4. The van der Waals surface area contributed by atoms with Crippen LogP contribution in [0.1, 0.15) is 36.0 Å². The van der Waals surface area contributed by atoms with Gasteiger partial charge in [0.25, 0.3) is 5.91 Å². The molecule has 1 atom stereocenters. The Morgan fingerprint density at radius 2 is 2.29 bits per heavy atom. The van der Waals surface area contributed by atoms with Gasteiger partial charge in [0.2, 0.25) is 0 Å². The van der Waals surface area contributed by atoms with Gasteiger partial charge in [-0.3, -0.25) is 4.79 Å². The van der Waals surface area contributed by atoms with Crippen LogP contribution in [0.5, 0.6) is 0 Å². The molecule has 3 rings (SSSR count). The molecular weight excluding hydrogens is 326 g/mol. The Bertz CT molecular complexity index is 701. The third kappa shape index (κ3) is 3.90. The first-order valence-electron chi connectivity index (χ1n) is 8.40. The first kappa shape index (κ1) is 16.8. The topological polar surface area (TPSA) is 58.4 Å². The van der Waals surface area contributed by atoms with Crippen LogP contribution in [0.4, 0.5) is 5.69 Å². The summed E-state index contributed by atoms with van der Waals surface area (Å²) in [6, 6.07) is 9.60. The fraction of sp³-hybridized carbons (Fsp3) is 0.444. The zero-order chi connectivity index (χ0) is 16.9. The monoisotopic (exact) mass is 347 g/mol. The van der Waals surface area contributed by atoms with Crippen LogP contribution in [0.15, 0.2) is 34.9 Å². The van der Waals surface area contributed by atoms with E-state index in [0.29, 0.717) is 18.2 Å². The number of aryl methyl sites for hydroxylation is 1. The number of halogens is 1. The van der Waals surface area contributed by atoms with Gasteiger partial charge in [0.05, 0.1) is 10.7 Å². The van der Waals surface area contributed by atoms with E-state index in [1.807, 2.05) is 24.3 Å². The number of amides is 1. The van der Waals surface area contributed by atoms with E-state index in [0.717, 1.165) is 48.8 Å². The van der Waals surface area contributed by atoms with Gasteiger partial charge in [-0.2, -0.15) is 0 Å². The summed E-state index contributed by atoms with van der Waals surface area (Å²) < 4.78 is 5.15. The predicted molar refractivity (Wildman–Crippen MR) is 94.6 cm³/mol. The van der Waals surface area contributed by atoms with Crippen molar-refractivity contribution in [2.45, 2.75) is 26.2 Å². The molecule has 1 N–H and O–H groups in total. The van der Waals surface area contributed by atoms with Crippen LogP contribution in [-0.4, -0.2) is 30.7 Å². The number of carbonyl (C=O) groups excluding carboxylic acids is 1. The second-order valence-electron chi connectivity index (χ2n) is 6.19. The largest absolute Gasteiger partial charge is 0.370 e. The van der Waals surface area contributed by atoms with Gasteiger partial charge in [0, 0.05) is 32.1 Å². The van der Waals surface area contributed by atoms with Crippen LogP contribution in [0.3, 0.4) is 0 Å². The van der Waals surface area contributed by atoms with Gasteiger partial charge < -0.3 is 14.7 Å². The molecule has 1 aromatic carbocycles. The van der Waals surface area contributed by atoms with E-state index in [2.05, 4.69) is 22.3 Å². The summed E-state index contributed by atoms with van der Waals surface area (Å²) in [6.45, 7) is 4.54. The van der Waals surface area contributed by atoms with Gasteiger partial charge in [-0.25, -0.2) is 0 Å². The molecule has 24 heavy (non-hydrogen) atoms. The summed E-state index contributed by atoms with van der Waals surface area (Å²) >= 11 is 6.26. The molecule has 128 valence electrons. The number of hydrogen-bond donors (Lipinski definition) is 1. The van der Waals surface area contributed by atoms with Crippen molar-refractivity contribution in [1.82, 2.24) is 10.5 Å². The van der Waals surface area contributed by atoms with Crippen LogP contribution in [0, 0.1) is 5.92 Å². The van der Waals surface area contributed by atoms with Crippen LogP contribution >= 0.6 is 11.6 Å². The quantitative estimate of drug-likeness (QED) is 0.868. The normalized spacial score (nSPS) is 17.2. The summed E-state index contributed by atoms with van der Waals surface area (Å²) in [6.07, 6.45) is 2.80. The van der Waals surface area contributed by atoms with Gasteiger partial charge in [-0.1, -0.05) is 35.8 Å². The van der Waals surface area contributed by atoms with E-state index < -0.39 is 0 Å². The predicted octanol–water partition coefficient (Wildman–Crippen LogP) is 3.54. The van der Waals surface area contributed by atoms with Crippen molar-refractivity contribution in [2.24, 2.45) is 5.92 Å². The van der Waals surface area contributed by atoms with E-state index in [9.17, 15) is 4.79 Å². The lowest BCUT2D eigenvalue weighted by Gasteiger charge is -2.20. The lowest BCUT2D eigenvalue weighted by molar-refractivity contribution is 0.0939. The maximum absolute atomic E-state index is 12.2. The summed E-state index contributed by atoms with van der Waals surface area (Å²) in [5.41, 5.74) is 1.42. The second kappa shape index (κ2) is 7.71. The molecule has 5 nitrogen and oxygen atoms in total. The van der Waals surface area contributed by atoms with E-state index in [1.165, 1.54) is 0 Å². The Morgan fingerprint density at radius 1 is 1.46 bits per heavy atom. The number of para-hydroxylation sites is 1. The van der Waals surface area contributed by atoms with Crippen molar-refractivity contribution in [3.05, 3.63) is 46.8 Å². The van der Waals surface area contributed by atoms with E-state index in [1.54, 1.807) is 6.07 Å². The lowest BCUT2D eigenvalue weighted by Crippen LogP contribution is -2.31. The van der Waals surface area contributed by atoms with Gasteiger partial charge in [0.15, 0.2) is 5.69 Å². The maximum atomic E-state index is 12.2. The molecule has 0 spiro atoms. The third-order valence-electron chi connectivity index (χ3n) is 4.32. The number of rotatable bonds is 6. The van der Waals surface area contributed by atoms with Gasteiger partial charge in [0.1, 0.15) is 5.76 Å². The highest BCUT2D eigenvalue weighted by atomic mass is 35.5. The highest BCUT2D eigenvalue weighted by molar-refractivity contribution is 6.33. The second-order valence-corrected chi connectivity index (χ2v) is 6.60. The molecule has 1 unspecified atom stereocenters. The van der Waals surface area contributed by atoms with Crippen molar-refractivity contribution in [3.8, 4) is 0 Å². The van der Waals surface area contributed by atoms with Crippen molar-refractivity contribution >= 4 is 23.2 Å². The molecule has 0 radical (unpaired) electrons. The molecule has 1 amide bonds. The SMILES string of the molecule is CCCc1cc(C(=O)NCC2CCN(c3ccccc3Cl)C2)no1. The van der Waals surface area contributed by atoms with Crippen molar-refractivity contribution in [1.29, 1.82) is 0 Å². The summed E-state index contributed by atoms with van der Waals surface area (Å²) in [5.74, 6) is 0.998. The number of anilines is 1. The molecular formula is C18H22ClN3O2. The highest BCUT2D eigenvalue weighted by Crippen LogP contribution is 2.29. The molecule has 0 bridgehead atoms. The van der Waals surface area contributed by atoms with Gasteiger partial charge in [-0.05, 0) is 30.9 Å². The molecule has 2 aromatic rings. The van der Waals surface area contributed by atoms with Gasteiger partial charge in [-0.15, -0.1) is 0 Å². The average Bonchev–Trinajstić information content (AvgIpc) is 3.23. The van der Waals surface area contributed by atoms with E-state index >= 15 is 0 Å². The van der Waals surface area contributed by atoms with Crippen LogP contribution in [0.2, 0.25) is 5.02 Å². The zero-order valence-corrected chi connectivity index (χ0v) is 14.6. The number of benzene rings is 1. The number of nitrogens with zero attached hydrogens (tertiary/aromatic N) is 2. The van der Waals surface area contributed by atoms with Crippen molar-refractivity contribution in [3.63, 3.8) is 0 Å². The van der Waals surface area contributed by atoms with Gasteiger partial charge >= 0.3 is 0 Å². The minimum atomic E-state index is -0.169. The highest BCUT2D eigenvalue weighted by Gasteiger charge is 2.24. The zero-order valence-electron chi connectivity index (χ0n) is 13.8. The Hall–Kier alpha value is -2.01. The van der Waals surface area contributed by atoms with Crippen LogP contribution in [0.25, 0.3) is 0 Å². The lowest BCUT2D eigenvalue weighted by atomic mass is 10.1. The minimum Gasteiger partial charge on any atom is -0.370 e. The number of hydrogen-bond acceptors (Lipinski definition) is 4. The maximum Gasteiger partial charge on any atom is 0.273 e. The third-order valence-corrected chi connectivity index (χ3v) is 4.64. The smallest absolute Gasteiger partial charge is 0.273 e. The number of aromatic nitrogens is 1. The molecule has 1 aromatic heterocycles. The first-order chi connectivity index (χ1) is 11.7. The Kier molecular flexibility index (Phi) is 5.41. The fourth-order valence-electron chi connectivity index (χ4n) is 3.04. The van der Waals surface area contributed by atoms with Crippen LogP contribution < -0.4 is 10.2 Å². The minimum absolute atomic E-state index is 0.169. The Balaban J connectivity index is 1.50. The molecule has 1 aliphatic heterocycles. The molecule has 1 saturated heterocycles. The Morgan fingerprint density at radius 3 is 3.08 bits per heavy atom. The molecule has 2 heterocycles.